The van der Waals surface area contributed by atoms with Gasteiger partial charge in [-0.05, 0) is 25.0 Å². The summed E-state index contributed by atoms with van der Waals surface area (Å²) >= 11 is 6.12. The van der Waals surface area contributed by atoms with Gasteiger partial charge in [-0.1, -0.05) is 18.9 Å². The molecule has 0 bridgehead atoms. The van der Waals surface area contributed by atoms with Gasteiger partial charge in [-0.2, -0.15) is 0 Å². The Kier molecular flexibility index (Phi) is 4.06. The van der Waals surface area contributed by atoms with E-state index in [0.29, 0.717) is 23.5 Å². The van der Waals surface area contributed by atoms with Crippen LogP contribution in [0.15, 0.2) is 30.6 Å². The summed E-state index contributed by atoms with van der Waals surface area (Å²) in [6, 6.07) is 5.48. The first kappa shape index (κ1) is 14.3. The van der Waals surface area contributed by atoms with Gasteiger partial charge < -0.3 is 5.32 Å². The zero-order chi connectivity index (χ0) is 14.7. The Morgan fingerprint density at radius 1 is 1.24 bits per heavy atom. The minimum atomic E-state index is -0.0995. The van der Waals surface area contributed by atoms with Gasteiger partial charge in [0, 0.05) is 30.2 Å². The molecule has 3 rings (SSSR count). The smallest absolute Gasteiger partial charge is 0.253 e. The summed E-state index contributed by atoms with van der Waals surface area (Å²) < 4.78 is 0. The van der Waals surface area contributed by atoms with Gasteiger partial charge >= 0.3 is 0 Å². The van der Waals surface area contributed by atoms with Crippen LogP contribution in [0.1, 0.15) is 36.0 Å². The van der Waals surface area contributed by atoms with E-state index in [1.54, 1.807) is 18.5 Å². The van der Waals surface area contributed by atoms with E-state index in [4.69, 9.17) is 11.6 Å². The van der Waals surface area contributed by atoms with Gasteiger partial charge in [-0.15, -0.1) is 11.6 Å². The maximum absolute atomic E-state index is 12.5. The largest absolute Gasteiger partial charge is 0.351 e. The molecule has 1 N–H and O–H groups in total. The van der Waals surface area contributed by atoms with Crippen molar-refractivity contribution in [2.75, 3.05) is 12.4 Å². The fourth-order valence-electron chi connectivity index (χ4n) is 3.02. The van der Waals surface area contributed by atoms with Crippen LogP contribution in [-0.4, -0.2) is 28.3 Å². The molecule has 110 valence electrons. The molecule has 5 heteroatoms. The van der Waals surface area contributed by atoms with E-state index in [-0.39, 0.29) is 11.3 Å². The Morgan fingerprint density at radius 3 is 2.76 bits per heavy atom. The van der Waals surface area contributed by atoms with Crippen LogP contribution in [0.2, 0.25) is 0 Å². The van der Waals surface area contributed by atoms with Gasteiger partial charge in [0.25, 0.3) is 5.91 Å². The quantitative estimate of drug-likeness (QED) is 0.883. The number of para-hydroxylation sites is 1. The van der Waals surface area contributed by atoms with Crippen molar-refractivity contribution >= 4 is 28.5 Å². The zero-order valence-corrected chi connectivity index (χ0v) is 12.6. The van der Waals surface area contributed by atoms with E-state index in [1.807, 2.05) is 12.1 Å². The molecule has 1 fully saturated rings. The molecule has 21 heavy (non-hydrogen) atoms. The van der Waals surface area contributed by atoms with Gasteiger partial charge in [0.05, 0.1) is 11.1 Å². The Morgan fingerprint density at radius 2 is 2.00 bits per heavy atom. The maximum atomic E-state index is 12.5. The number of nitrogens with zero attached hydrogens (tertiary/aromatic N) is 2. The third kappa shape index (κ3) is 2.86. The van der Waals surface area contributed by atoms with Crippen LogP contribution < -0.4 is 5.32 Å². The van der Waals surface area contributed by atoms with Crippen molar-refractivity contribution in [1.82, 2.24) is 15.3 Å². The molecule has 4 nitrogen and oxygen atoms in total. The molecule has 1 aromatic heterocycles. The molecule has 1 aliphatic carbocycles. The highest BCUT2D eigenvalue weighted by Gasteiger charge is 2.33. The SMILES string of the molecule is O=C(NCC1(CCl)CCCC1)c1cccc2nccnc12. The number of amides is 1. The normalized spacial score (nSPS) is 17.0. The summed E-state index contributed by atoms with van der Waals surface area (Å²) in [7, 11) is 0. The number of nitrogens with one attached hydrogen (secondary N) is 1. The van der Waals surface area contributed by atoms with Crippen molar-refractivity contribution < 1.29 is 4.79 Å². The number of halogens is 1. The summed E-state index contributed by atoms with van der Waals surface area (Å²) in [5, 5.41) is 3.03. The van der Waals surface area contributed by atoms with E-state index in [9.17, 15) is 4.79 Å². The predicted octanol–water partition coefficient (Wildman–Crippen LogP) is 3.16. The number of benzene rings is 1. The number of hydrogen-bond acceptors (Lipinski definition) is 3. The van der Waals surface area contributed by atoms with E-state index in [0.717, 1.165) is 18.4 Å². The number of carbonyl (C=O) groups is 1. The first-order valence-corrected chi connectivity index (χ1v) is 7.81. The van der Waals surface area contributed by atoms with Crippen molar-refractivity contribution in [3.8, 4) is 0 Å². The second-order valence-electron chi connectivity index (χ2n) is 5.75. The molecular formula is C16H18ClN3O. The van der Waals surface area contributed by atoms with Crippen LogP contribution in [-0.2, 0) is 0 Å². The predicted molar refractivity (Wildman–Crippen MR) is 83.5 cm³/mol. The zero-order valence-electron chi connectivity index (χ0n) is 11.8. The number of rotatable bonds is 4. The van der Waals surface area contributed by atoms with Gasteiger partial charge in [0.15, 0.2) is 0 Å². The van der Waals surface area contributed by atoms with E-state index >= 15 is 0 Å². The molecule has 2 aromatic rings. The average molecular weight is 304 g/mol. The Labute approximate surface area is 128 Å². The number of alkyl halides is 1. The first-order valence-electron chi connectivity index (χ1n) is 7.28. The summed E-state index contributed by atoms with van der Waals surface area (Å²) in [4.78, 5) is 20.9. The average Bonchev–Trinajstić information content (AvgIpc) is 3.01. The van der Waals surface area contributed by atoms with E-state index in [2.05, 4.69) is 15.3 Å². The fraction of sp³-hybridized carbons (Fsp3) is 0.438. The lowest BCUT2D eigenvalue weighted by atomic mass is 9.88. The molecule has 0 spiro atoms. The van der Waals surface area contributed by atoms with Crippen molar-refractivity contribution in [2.45, 2.75) is 25.7 Å². The topological polar surface area (TPSA) is 54.9 Å². The summed E-state index contributed by atoms with van der Waals surface area (Å²) in [5.74, 6) is 0.500. The monoisotopic (exact) mass is 303 g/mol. The standard InChI is InChI=1S/C16H18ClN3O/c17-10-16(6-1-2-7-16)11-20-15(21)12-4-3-5-13-14(12)19-9-8-18-13/h3-5,8-9H,1-2,6-7,10-11H2,(H,20,21). The second-order valence-corrected chi connectivity index (χ2v) is 6.02. The van der Waals surface area contributed by atoms with Crippen LogP contribution in [0.4, 0.5) is 0 Å². The molecule has 0 radical (unpaired) electrons. The molecule has 1 aliphatic rings. The third-order valence-corrected chi connectivity index (χ3v) is 4.88. The lowest BCUT2D eigenvalue weighted by Gasteiger charge is -2.26. The van der Waals surface area contributed by atoms with Crippen molar-refractivity contribution in [1.29, 1.82) is 0 Å². The third-order valence-electron chi connectivity index (χ3n) is 4.31. The van der Waals surface area contributed by atoms with Gasteiger partial charge in [0.2, 0.25) is 0 Å². The van der Waals surface area contributed by atoms with E-state index < -0.39 is 0 Å². The van der Waals surface area contributed by atoms with Crippen molar-refractivity contribution in [2.24, 2.45) is 5.41 Å². The van der Waals surface area contributed by atoms with E-state index in [1.165, 1.54) is 12.8 Å². The Balaban J connectivity index is 1.78. The molecule has 1 saturated carbocycles. The fourth-order valence-corrected chi connectivity index (χ4v) is 3.38. The molecular weight excluding hydrogens is 286 g/mol. The minimum absolute atomic E-state index is 0.0630. The first-order chi connectivity index (χ1) is 10.2. The second kappa shape index (κ2) is 5.98. The highest BCUT2D eigenvalue weighted by atomic mass is 35.5. The van der Waals surface area contributed by atoms with Crippen LogP contribution in [0.5, 0.6) is 0 Å². The number of carbonyl (C=O) groups excluding carboxylic acids is 1. The highest BCUT2D eigenvalue weighted by molar-refractivity contribution is 6.18. The Bertz CT molecular complexity index is 648. The molecule has 0 unspecified atom stereocenters. The van der Waals surface area contributed by atoms with Gasteiger partial charge in [0.1, 0.15) is 5.52 Å². The van der Waals surface area contributed by atoms with Crippen LogP contribution in [0, 0.1) is 5.41 Å². The van der Waals surface area contributed by atoms with Crippen LogP contribution in [0.3, 0.4) is 0 Å². The highest BCUT2D eigenvalue weighted by Crippen LogP contribution is 2.38. The van der Waals surface area contributed by atoms with Crippen molar-refractivity contribution in [3.63, 3.8) is 0 Å². The van der Waals surface area contributed by atoms with Gasteiger partial charge in [-0.3, -0.25) is 14.8 Å². The lowest BCUT2D eigenvalue weighted by Crippen LogP contribution is -2.37. The summed E-state index contributed by atoms with van der Waals surface area (Å²) in [6.45, 7) is 0.631. The molecule has 0 aliphatic heterocycles. The minimum Gasteiger partial charge on any atom is -0.351 e. The number of fused-ring (bicyclic) bond motifs is 1. The van der Waals surface area contributed by atoms with Crippen molar-refractivity contribution in [3.05, 3.63) is 36.2 Å². The lowest BCUT2D eigenvalue weighted by molar-refractivity contribution is 0.0936. The number of aromatic nitrogens is 2. The molecule has 1 heterocycles. The molecule has 1 aromatic carbocycles. The molecule has 0 atom stereocenters. The Hall–Kier alpha value is -1.68. The van der Waals surface area contributed by atoms with Crippen LogP contribution in [0.25, 0.3) is 11.0 Å². The molecule has 0 saturated heterocycles. The molecule has 1 amide bonds. The van der Waals surface area contributed by atoms with Crippen LogP contribution >= 0.6 is 11.6 Å². The van der Waals surface area contributed by atoms with Gasteiger partial charge in [-0.25, -0.2) is 0 Å². The summed E-state index contributed by atoms with van der Waals surface area (Å²) in [5.41, 5.74) is 2.01. The summed E-state index contributed by atoms with van der Waals surface area (Å²) in [6.07, 6.45) is 7.81. The number of hydrogen-bond donors (Lipinski definition) is 1. The maximum Gasteiger partial charge on any atom is 0.253 e.